The van der Waals surface area contributed by atoms with E-state index in [1.807, 2.05) is 65.9 Å². The van der Waals surface area contributed by atoms with Crippen LogP contribution in [0.15, 0.2) is 194 Å². The van der Waals surface area contributed by atoms with E-state index in [0.29, 0.717) is 11.5 Å². The van der Waals surface area contributed by atoms with E-state index in [1.165, 1.54) is 75.8 Å². The molecule has 2 aliphatic carbocycles. The van der Waals surface area contributed by atoms with E-state index in [9.17, 15) is 0 Å². The number of rotatable bonds is 7. The Balaban J connectivity index is 1.08. The number of fused-ring (bicyclic) bond motifs is 8. The highest BCUT2D eigenvalue weighted by molar-refractivity contribution is 7.20. The first kappa shape index (κ1) is 38.2. The number of hydrogen-bond donors (Lipinski definition) is 1. The van der Waals surface area contributed by atoms with Gasteiger partial charge >= 0.3 is 0 Å². The molecule has 2 heterocycles. The molecule has 64 heavy (non-hydrogen) atoms. The third kappa shape index (κ3) is 5.97. The fraction of sp³-hybridized carbons (Fsp3) is 0.0833. The van der Waals surface area contributed by atoms with Gasteiger partial charge in [0.15, 0.2) is 0 Å². The highest BCUT2D eigenvalue weighted by Gasteiger charge is 2.33. The van der Waals surface area contributed by atoms with E-state index in [1.54, 1.807) is 0 Å². The summed E-state index contributed by atoms with van der Waals surface area (Å²) in [4.78, 5) is 6.71. The van der Waals surface area contributed by atoms with Gasteiger partial charge in [-0.15, -0.1) is 11.3 Å². The summed E-state index contributed by atoms with van der Waals surface area (Å²) in [6, 6.07) is 61.4. The van der Waals surface area contributed by atoms with Crippen LogP contribution in [0.25, 0.3) is 93.6 Å². The maximum Gasteiger partial charge on any atom is 0.131 e. The molecule has 0 aliphatic heterocycles. The highest BCUT2D eigenvalue weighted by atomic mass is 32.1. The molecule has 3 nitrogen and oxygen atoms in total. The average molecular weight is 840 g/mol. The zero-order valence-corrected chi connectivity index (χ0v) is 36.7. The molecule has 8 aromatic carbocycles. The third-order valence-electron chi connectivity index (χ3n) is 13.6. The van der Waals surface area contributed by atoms with Gasteiger partial charge in [0.2, 0.25) is 0 Å². The van der Waals surface area contributed by atoms with Crippen molar-refractivity contribution in [1.29, 1.82) is 0 Å². The number of aryl methyl sites for hydroxylation is 1. The first-order valence-electron chi connectivity index (χ1n) is 22.2. The van der Waals surface area contributed by atoms with Crippen molar-refractivity contribution in [2.24, 2.45) is 10.7 Å². The number of benzene rings is 8. The van der Waals surface area contributed by atoms with Gasteiger partial charge in [-0.1, -0.05) is 172 Å². The minimum Gasteiger partial charge on any atom is -0.398 e. The van der Waals surface area contributed by atoms with E-state index in [-0.39, 0.29) is 5.41 Å². The summed E-state index contributed by atoms with van der Waals surface area (Å²) in [5.41, 5.74) is 23.7. The molecule has 0 radical (unpaired) electrons. The number of thiophene rings is 1. The van der Waals surface area contributed by atoms with Crippen molar-refractivity contribution in [3.8, 4) is 33.4 Å². The van der Waals surface area contributed by atoms with Crippen LogP contribution in [0, 0.1) is 0 Å². The molecule has 2 aliphatic rings. The molecule has 2 aromatic heterocycles. The van der Waals surface area contributed by atoms with Crippen molar-refractivity contribution < 1.29 is 0 Å². The standard InChI is InChI=1S/C60H45N3S/c1-37(62-54(39-18-8-5-9-19-39)36-53(61)38-16-6-4-7-17-38)63-55-32-28-40(42-30-31-47-44-20-10-12-25-51(44)60(2,3)52-26-15-23-46(42)58(47)52)34-49(55)50-35-41(29-33-56(50)63)43-22-14-24-48-45-21-11-13-27-57(45)64-59(43)48/h4-10,12-20,22-36H,1,11,21,61H2,2-3H3/b53-36-,62-54+. The molecule has 0 unspecified atom stereocenters. The molecule has 0 saturated heterocycles. The number of aromatic nitrogens is 1. The van der Waals surface area contributed by atoms with E-state index >= 15 is 0 Å². The summed E-state index contributed by atoms with van der Waals surface area (Å²) in [5.74, 6) is 0.610. The van der Waals surface area contributed by atoms with Crippen LogP contribution < -0.4 is 5.73 Å². The highest BCUT2D eigenvalue weighted by Crippen LogP contribution is 2.51. The normalized spacial score (nSPS) is 14.3. The molecule has 306 valence electrons. The number of nitrogens with two attached hydrogens (primary N) is 1. The monoisotopic (exact) mass is 839 g/mol. The lowest BCUT2D eigenvalue weighted by Gasteiger charge is -2.35. The van der Waals surface area contributed by atoms with Gasteiger partial charge in [0.25, 0.3) is 0 Å². The summed E-state index contributed by atoms with van der Waals surface area (Å²) in [6.45, 7) is 9.42. The van der Waals surface area contributed by atoms with E-state index in [2.05, 4.69) is 152 Å². The second-order valence-corrected chi connectivity index (χ2v) is 18.7. The van der Waals surface area contributed by atoms with Crippen LogP contribution in [-0.4, -0.2) is 10.3 Å². The predicted molar refractivity (Wildman–Crippen MR) is 275 cm³/mol. The van der Waals surface area contributed by atoms with Crippen molar-refractivity contribution in [3.63, 3.8) is 0 Å². The van der Waals surface area contributed by atoms with Crippen LogP contribution in [0.3, 0.4) is 0 Å². The lowest BCUT2D eigenvalue weighted by Crippen LogP contribution is -2.23. The molecular formula is C60H45N3S. The van der Waals surface area contributed by atoms with Gasteiger partial charge in [0.05, 0.1) is 16.7 Å². The summed E-state index contributed by atoms with van der Waals surface area (Å²) >= 11 is 1.91. The zero-order chi connectivity index (χ0) is 43.1. The Kier molecular flexibility index (Phi) is 8.82. The largest absolute Gasteiger partial charge is 0.398 e. The lowest BCUT2D eigenvalue weighted by molar-refractivity contribution is 0.645. The maximum absolute atomic E-state index is 6.77. The Labute approximate surface area is 377 Å². The van der Waals surface area contributed by atoms with Crippen molar-refractivity contribution in [2.75, 3.05) is 0 Å². The first-order chi connectivity index (χ1) is 31.3. The topological polar surface area (TPSA) is 43.3 Å². The van der Waals surface area contributed by atoms with E-state index < -0.39 is 0 Å². The maximum atomic E-state index is 6.77. The molecule has 10 aromatic rings. The predicted octanol–water partition coefficient (Wildman–Crippen LogP) is 15.7. The van der Waals surface area contributed by atoms with Crippen molar-refractivity contribution >= 4 is 77.3 Å². The fourth-order valence-corrected chi connectivity index (χ4v) is 11.8. The Morgan fingerprint density at radius 2 is 1.25 bits per heavy atom. The Morgan fingerprint density at radius 3 is 2.02 bits per heavy atom. The molecule has 0 atom stereocenters. The number of aliphatic imine (C=N–C) groups is 1. The van der Waals surface area contributed by atoms with Gasteiger partial charge in [0.1, 0.15) is 5.82 Å². The summed E-state index contributed by atoms with van der Waals surface area (Å²) in [7, 11) is 0. The second-order valence-electron chi connectivity index (χ2n) is 17.7. The van der Waals surface area contributed by atoms with Crippen molar-refractivity contribution in [2.45, 2.75) is 32.1 Å². The molecule has 0 spiro atoms. The zero-order valence-electron chi connectivity index (χ0n) is 35.9. The van der Waals surface area contributed by atoms with Crippen molar-refractivity contribution in [1.82, 2.24) is 4.57 Å². The van der Waals surface area contributed by atoms with Gasteiger partial charge in [-0.2, -0.15) is 0 Å². The first-order valence-corrected chi connectivity index (χ1v) is 23.0. The molecule has 0 amide bonds. The van der Waals surface area contributed by atoms with E-state index in [0.717, 1.165) is 51.5 Å². The number of allylic oxidation sites excluding steroid dienone is 2. The Bertz CT molecular complexity index is 3650. The van der Waals surface area contributed by atoms with Gasteiger partial charge in [-0.05, 0) is 121 Å². The minimum absolute atomic E-state index is 0.128. The van der Waals surface area contributed by atoms with Crippen LogP contribution in [0.4, 0.5) is 0 Å². The van der Waals surface area contributed by atoms with Crippen LogP contribution >= 0.6 is 11.3 Å². The van der Waals surface area contributed by atoms with E-state index in [4.69, 9.17) is 17.3 Å². The summed E-state index contributed by atoms with van der Waals surface area (Å²) in [6.07, 6.45) is 8.77. The van der Waals surface area contributed by atoms with Crippen LogP contribution in [0.2, 0.25) is 0 Å². The number of hydrogen-bond acceptors (Lipinski definition) is 3. The fourth-order valence-electron chi connectivity index (χ4n) is 10.5. The minimum atomic E-state index is -0.128. The number of nitrogens with zero attached hydrogens (tertiary/aromatic N) is 2. The Hall–Kier alpha value is -7.53. The lowest BCUT2D eigenvalue weighted by atomic mass is 9.68. The molecule has 2 N–H and O–H groups in total. The third-order valence-corrected chi connectivity index (χ3v) is 14.9. The SMILES string of the molecule is C=C(/N=C(\C=C(/N)c1ccccc1)c1ccccc1)n1c2ccc(-c3ccc4c5c(cccc35)C(C)(C)c3ccccc3-4)cc2c2cc(-c3cccc4c5c(sc34)C=CCC5)ccc21. The summed E-state index contributed by atoms with van der Waals surface area (Å²) in [5, 5.41) is 6.29. The van der Waals surface area contributed by atoms with Crippen molar-refractivity contribution in [3.05, 3.63) is 221 Å². The van der Waals surface area contributed by atoms with Crippen LogP contribution in [-0.2, 0) is 11.8 Å². The van der Waals surface area contributed by atoms with Gasteiger partial charge < -0.3 is 5.73 Å². The van der Waals surface area contributed by atoms with Gasteiger partial charge in [-0.25, -0.2) is 4.99 Å². The van der Waals surface area contributed by atoms with Crippen LogP contribution in [0.5, 0.6) is 0 Å². The molecule has 4 heteroatoms. The molecule has 0 saturated carbocycles. The smallest absolute Gasteiger partial charge is 0.131 e. The molecule has 12 rings (SSSR count). The Morgan fingerprint density at radius 1 is 0.625 bits per heavy atom. The molecule has 0 fully saturated rings. The van der Waals surface area contributed by atoms with Gasteiger partial charge in [0, 0.05) is 37.0 Å². The van der Waals surface area contributed by atoms with Crippen LogP contribution in [0.1, 0.15) is 53.0 Å². The summed E-state index contributed by atoms with van der Waals surface area (Å²) < 4.78 is 3.57. The molecule has 0 bridgehead atoms. The molecular weight excluding hydrogens is 795 g/mol. The quantitative estimate of drug-likeness (QED) is 0.160. The average Bonchev–Trinajstić information content (AvgIpc) is 3.89. The van der Waals surface area contributed by atoms with Gasteiger partial charge in [-0.3, -0.25) is 4.57 Å². The second kappa shape index (κ2) is 14.8.